The van der Waals surface area contributed by atoms with E-state index in [1.807, 2.05) is 18.5 Å². The molecule has 8 nitrogen and oxygen atoms in total. The molecular formula is C20H24N6O2. The number of carbonyl (C=O) groups is 1. The standard InChI is InChI=1S/C20H24N6O2/c1-5-7-26-15(4)9-17(24-26)23-19(27)18-13(2)6-8-25(20(18)28)12-16-11-21-14(3)10-22-16/h6,8-11H,5,7,12H2,1-4H3,(H,23,24,27). The largest absolute Gasteiger partial charge is 0.309 e. The second kappa shape index (κ2) is 8.16. The van der Waals surface area contributed by atoms with E-state index in [1.165, 1.54) is 4.57 Å². The van der Waals surface area contributed by atoms with Crippen LogP contribution in [0.3, 0.4) is 0 Å². The maximum absolute atomic E-state index is 12.9. The van der Waals surface area contributed by atoms with E-state index in [0.717, 1.165) is 24.4 Å². The number of anilines is 1. The van der Waals surface area contributed by atoms with Crippen LogP contribution in [0.5, 0.6) is 0 Å². The third-order valence-corrected chi connectivity index (χ3v) is 4.43. The van der Waals surface area contributed by atoms with Gasteiger partial charge < -0.3 is 9.88 Å². The average molecular weight is 380 g/mol. The van der Waals surface area contributed by atoms with Gasteiger partial charge in [-0.1, -0.05) is 6.92 Å². The summed E-state index contributed by atoms with van der Waals surface area (Å²) in [5.41, 5.74) is 2.75. The Morgan fingerprint density at radius 2 is 1.96 bits per heavy atom. The molecule has 146 valence electrons. The summed E-state index contributed by atoms with van der Waals surface area (Å²) in [5, 5.41) is 7.13. The molecule has 0 aromatic carbocycles. The molecule has 1 N–H and O–H groups in total. The Morgan fingerprint density at radius 3 is 2.64 bits per heavy atom. The van der Waals surface area contributed by atoms with Crippen LogP contribution in [0, 0.1) is 20.8 Å². The monoisotopic (exact) mass is 380 g/mol. The van der Waals surface area contributed by atoms with E-state index >= 15 is 0 Å². The van der Waals surface area contributed by atoms with E-state index in [2.05, 4.69) is 27.3 Å². The number of nitrogens with zero attached hydrogens (tertiary/aromatic N) is 5. The minimum Gasteiger partial charge on any atom is -0.309 e. The fourth-order valence-electron chi connectivity index (χ4n) is 2.93. The molecule has 28 heavy (non-hydrogen) atoms. The minimum atomic E-state index is -0.465. The van der Waals surface area contributed by atoms with Crippen molar-refractivity contribution in [2.45, 2.75) is 47.2 Å². The van der Waals surface area contributed by atoms with E-state index in [1.54, 1.807) is 37.6 Å². The zero-order valence-electron chi connectivity index (χ0n) is 16.6. The molecule has 0 aliphatic carbocycles. The SMILES string of the molecule is CCCn1nc(NC(=O)c2c(C)ccn(Cc3cnc(C)cn3)c2=O)cc1C. The van der Waals surface area contributed by atoms with Gasteiger partial charge in [0.05, 0.1) is 24.1 Å². The van der Waals surface area contributed by atoms with E-state index in [4.69, 9.17) is 0 Å². The van der Waals surface area contributed by atoms with Crippen LogP contribution in [0.1, 0.15) is 46.3 Å². The van der Waals surface area contributed by atoms with Crippen LogP contribution < -0.4 is 10.9 Å². The van der Waals surface area contributed by atoms with Gasteiger partial charge in [0.25, 0.3) is 11.5 Å². The van der Waals surface area contributed by atoms with Crippen molar-refractivity contribution in [3.8, 4) is 0 Å². The zero-order valence-corrected chi connectivity index (χ0v) is 16.6. The average Bonchev–Trinajstić information content (AvgIpc) is 2.99. The topological polar surface area (TPSA) is 94.7 Å². The van der Waals surface area contributed by atoms with E-state index in [0.29, 0.717) is 17.1 Å². The first kappa shape index (κ1) is 19.5. The molecule has 0 fully saturated rings. The van der Waals surface area contributed by atoms with Crippen molar-refractivity contribution < 1.29 is 4.79 Å². The van der Waals surface area contributed by atoms with Crippen molar-refractivity contribution >= 4 is 11.7 Å². The third kappa shape index (κ3) is 4.16. The Morgan fingerprint density at radius 1 is 1.18 bits per heavy atom. The molecule has 0 saturated carbocycles. The number of nitrogens with one attached hydrogen (secondary N) is 1. The Hall–Kier alpha value is -3.29. The van der Waals surface area contributed by atoms with E-state index in [-0.39, 0.29) is 17.7 Å². The van der Waals surface area contributed by atoms with Crippen LogP contribution >= 0.6 is 0 Å². The molecule has 0 unspecified atom stereocenters. The Labute approximate surface area is 163 Å². The van der Waals surface area contributed by atoms with E-state index < -0.39 is 5.91 Å². The van der Waals surface area contributed by atoms with Crippen molar-refractivity contribution in [3.63, 3.8) is 0 Å². The van der Waals surface area contributed by atoms with Crippen LogP contribution in [0.2, 0.25) is 0 Å². The summed E-state index contributed by atoms with van der Waals surface area (Å²) >= 11 is 0. The van der Waals surface area contributed by atoms with Gasteiger partial charge in [-0.3, -0.25) is 24.2 Å². The fourth-order valence-corrected chi connectivity index (χ4v) is 2.93. The van der Waals surface area contributed by atoms with Gasteiger partial charge in [0.15, 0.2) is 5.82 Å². The van der Waals surface area contributed by atoms with Gasteiger partial charge >= 0.3 is 0 Å². The molecule has 0 atom stereocenters. The van der Waals surface area contributed by atoms with Crippen molar-refractivity contribution in [2.24, 2.45) is 0 Å². The van der Waals surface area contributed by atoms with Gasteiger partial charge in [-0.2, -0.15) is 5.10 Å². The summed E-state index contributed by atoms with van der Waals surface area (Å²) in [4.78, 5) is 34.1. The second-order valence-electron chi connectivity index (χ2n) is 6.80. The van der Waals surface area contributed by atoms with Gasteiger partial charge in [0, 0.05) is 30.7 Å². The predicted octanol–water partition coefficient (Wildman–Crippen LogP) is 2.47. The molecule has 0 saturated heterocycles. The highest BCUT2D eigenvalue weighted by Crippen LogP contribution is 2.12. The Kier molecular flexibility index (Phi) is 5.67. The molecule has 0 bridgehead atoms. The molecular weight excluding hydrogens is 356 g/mol. The van der Waals surface area contributed by atoms with Crippen LogP contribution in [0.25, 0.3) is 0 Å². The summed E-state index contributed by atoms with van der Waals surface area (Å²) in [7, 11) is 0. The highest BCUT2D eigenvalue weighted by molar-refractivity contribution is 6.04. The number of aromatic nitrogens is 5. The van der Waals surface area contributed by atoms with Crippen molar-refractivity contribution in [1.82, 2.24) is 24.3 Å². The molecule has 0 spiro atoms. The zero-order chi connectivity index (χ0) is 20.3. The number of pyridine rings is 1. The first-order valence-corrected chi connectivity index (χ1v) is 9.22. The van der Waals surface area contributed by atoms with Gasteiger partial charge in [0.1, 0.15) is 5.56 Å². The number of hydrogen-bond donors (Lipinski definition) is 1. The molecule has 3 aromatic heterocycles. The molecule has 0 aliphatic rings. The number of hydrogen-bond acceptors (Lipinski definition) is 5. The van der Waals surface area contributed by atoms with Gasteiger partial charge in [0.2, 0.25) is 0 Å². The Balaban J connectivity index is 1.86. The quantitative estimate of drug-likeness (QED) is 0.709. The molecule has 3 aromatic rings. The fraction of sp³-hybridized carbons (Fsp3) is 0.350. The van der Waals surface area contributed by atoms with E-state index in [9.17, 15) is 9.59 Å². The van der Waals surface area contributed by atoms with Crippen LogP contribution in [-0.2, 0) is 13.1 Å². The van der Waals surface area contributed by atoms with Crippen LogP contribution in [0.4, 0.5) is 5.82 Å². The van der Waals surface area contributed by atoms with Gasteiger partial charge in [-0.05, 0) is 38.8 Å². The smallest absolute Gasteiger partial charge is 0.264 e. The highest BCUT2D eigenvalue weighted by Gasteiger charge is 2.18. The molecule has 0 aliphatic heterocycles. The lowest BCUT2D eigenvalue weighted by molar-refractivity contribution is 0.102. The maximum atomic E-state index is 12.9. The second-order valence-corrected chi connectivity index (χ2v) is 6.80. The van der Waals surface area contributed by atoms with Gasteiger partial charge in [-0.25, -0.2) is 0 Å². The molecule has 0 radical (unpaired) electrons. The lowest BCUT2D eigenvalue weighted by Crippen LogP contribution is -2.30. The number of rotatable bonds is 6. The van der Waals surface area contributed by atoms with Crippen molar-refractivity contribution in [1.29, 1.82) is 0 Å². The van der Waals surface area contributed by atoms with Crippen molar-refractivity contribution in [2.75, 3.05) is 5.32 Å². The summed E-state index contributed by atoms with van der Waals surface area (Å²) in [5.74, 6) is -0.0254. The molecule has 8 heteroatoms. The minimum absolute atomic E-state index is 0.102. The molecule has 3 rings (SSSR count). The summed E-state index contributed by atoms with van der Waals surface area (Å²) < 4.78 is 3.30. The van der Waals surface area contributed by atoms with Gasteiger partial charge in [-0.15, -0.1) is 0 Å². The lowest BCUT2D eigenvalue weighted by Gasteiger charge is -2.10. The normalized spacial score (nSPS) is 10.9. The van der Waals surface area contributed by atoms with Crippen LogP contribution in [0.15, 0.2) is 35.5 Å². The Bertz CT molecular complexity index is 1050. The predicted molar refractivity (Wildman–Crippen MR) is 107 cm³/mol. The summed E-state index contributed by atoms with van der Waals surface area (Å²) in [6.45, 7) is 8.61. The van der Waals surface area contributed by atoms with Crippen molar-refractivity contribution in [3.05, 3.63) is 69.3 Å². The lowest BCUT2D eigenvalue weighted by atomic mass is 10.1. The number of carbonyl (C=O) groups excluding carboxylic acids is 1. The highest BCUT2D eigenvalue weighted by atomic mass is 16.2. The summed E-state index contributed by atoms with van der Waals surface area (Å²) in [6, 6.07) is 3.55. The molecule has 1 amide bonds. The first-order valence-electron chi connectivity index (χ1n) is 9.22. The third-order valence-electron chi connectivity index (χ3n) is 4.43. The molecule has 3 heterocycles. The maximum Gasteiger partial charge on any atom is 0.264 e. The summed E-state index contributed by atoms with van der Waals surface area (Å²) in [6.07, 6.45) is 5.89. The first-order chi connectivity index (χ1) is 13.4. The van der Waals surface area contributed by atoms with Crippen LogP contribution in [-0.4, -0.2) is 30.2 Å². The number of aryl methyl sites for hydroxylation is 4. The number of amides is 1.